The minimum atomic E-state index is -0.617. The van der Waals surface area contributed by atoms with Crippen molar-refractivity contribution in [1.82, 2.24) is 4.98 Å². The topological polar surface area (TPSA) is 51.6 Å². The quantitative estimate of drug-likeness (QED) is 0.844. The van der Waals surface area contributed by atoms with Crippen molar-refractivity contribution in [3.63, 3.8) is 0 Å². The Bertz CT molecular complexity index is 356. The van der Waals surface area contributed by atoms with Gasteiger partial charge in [0.25, 0.3) is 0 Å². The number of aromatic nitrogens is 1. The zero-order valence-corrected chi connectivity index (χ0v) is 9.59. The van der Waals surface area contributed by atoms with Gasteiger partial charge in [-0.15, -0.1) is 0 Å². The van der Waals surface area contributed by atoms with E-state index in [1.165, 1.54) is 0 Å². The van der Waals surface area contributed by atoms with Gasteiger partial charge in [-0.2, -0.15) is 0 Å². The fraction of sp³-hybridized carbons (Fsp3) is 0.583. The third-order valence-electron chi connectivity index (χ3n) is 3.14. The van der Waals surface area contributed by atoms with Crippen molar-refractivity contribution >= 4 is 0 Å². The number of aliphatic hydroxyl groups is 1. The maximum absolute atomic E-state index is 10.3. The van der Waals surface area contributed by atoms with Gasteiger partial charge in [0.05, 0.1) is 13.2 Å². The van der Waals surface area contributed by atoms with Crippen molar-refractivity contribution in [3.8, 4) is 5.75 Å². The molecule has 1 saturated heterocycles. The molecule has 1 aromatic heterocycles. The Morgan fingerprint density at radius 3 is 3.06 bits per heavy atom. The van der Waals surface area contributed by atoms with Crippen molar-refractivity contribution in [1.29, 1.82) is 0 Å². The predicted molar refractivity (Wildman–Crippen MR) is 59.3 cm³/mol. The number of ether oxygens (including phenoxy) is 2. The maximum atomic E-state index is 10.3. The van der Waals surface area contributed by atoms with E-state index in [1.54, 1.807) is 19.4 Å². The zero-order chi connectivity index (χ0) is 11.5. The van der Waals surface area contributed by atoms with E-state index in [-0.39, 0.29) is 12.0 Å². The van der Waals surface area contributed by atoms with Crippen LogP contribution in [0.25, 0.3) is 0 Å². The molecule has 0 spiro atoms. The molecule has 4 nitrogen and oxygen atoms in total. The van der Waals surface area contributed by atoms with E-state index < -0.39 is 6.10 Å². The fourth-order valence-corrected chi connectivity index (χ4v) is 2.16. The normalized spacial score (nSPS) is 26.7. The molecule has 1 fully saturated rings. The molecule has 1 aromatic rings. The molecule has 0 saturated carbocycles. The number of methoxy groups -OCH3 is 1. The van der Waals surface area contributed by atoms with Gasteiger partial charge >= 0.3 is 0 Å². The smallest absolute Gasteiger partial charge is 0.143 e. The number of hydrogen-bond donors (Lipinski definition) is 1. The van der Waals surface area contributed by atoms with Crippen LogP contribution < -0.4 is 4.74 Å². The van der Waals surface area contributed by atoms with E-state index in [2.05, 4.69) is 4.98 Å². The van der Waals surface area contributed by atoms with E-state index in [9.17, 15) is 5.11 Å². The number of pyridine rings is 1. The second kappa shape index (κ2) is 4.80. The average molecular weight is 223 g/mol. The standard InChI is InChI=1S/C12H17NO3/c1-8-9(5-7-16-8)12(14)11-10(15-2)4-3-6-13-11/h3-4,6,8-9,12,14H,5,7H2,1-2H3. The SMILES string of the molecule is COc1cccnc1C(O)C1CCOC1C. The van der Waals surface area contributed by atoms with E-state index in [0.29, 0.717) is 18.1 Å². The second-order valence-electron chi connectivity index (χ2n) is 4.06. The highest BCUT2D eigenvalue weighted by atomic mass is 16.5. The van der Waals surface area contributed by atoms with Crippen LogP contribution in [-0.4, -0.2) is 29.9 Å². The van der Waals surface area contributed by atoms with Crippen molar-refractivity contribution in [2.45, 2.75) is 25.6 Å². The van der Waals surface area contributed by atoms with E-state index >= 15 is 0 Å². The van der Waals surface area contributed by atoms with Gasteiger partial charge in [-0.25, -0.2) is 0 Å². The number of aliphatic hydroxyl groups excluding tert-OH is 1. The molecule has 0 aliphatic carbocycles. The maximum Gasteiger partial charge on any atom is 0.143 e. The van der Waals surface area contributed by atoms with E-state index in [1.807, 2.05) is 13.0 Å². The first-order chi connectivity index (χ1) is 7.74. The first kappa shape index (κ1) is 11.4. The number of nitrogens with zero attached hydrogens (tertiary/aromatic N) is 1. The van der Waals surface area contributed by atoms with Gasteiger partial charge < -0.3 is 14.6 Å². The summed E-state index contributed by atoms with van der Waals surface area (Å²) in [4.78, 5) is 4.20. The molecule has 3 unspecified atom stereocenters. The molecule has 0 radical (unpaired) electrons. The lowest BCUT2D eigenvalue weighted by Crippen LogP contribution is -2.21. The van der Waals surface area contributed by atoms with Crippen molar-refractivity contribution in [2.24, 2.45) is 5.92 Å². The molecule has 0 amide bonds. The molecular formula is C12H17NO3. The lowest BCUT2D eigenvalue weighted by Gasteiger charge is -2.21. The van der Waals surface area contributed by atoms with Crippen LogP contribution in [0.5, 0.6) is 5.75 Å². The summed E-state index contributed by atoms with van der Waals surface area (Å²) in [5.41, 5.74) is 0.604. The van der Waals surface area contributed by atoms with Gasteiger partial charge in [0.2, 0.25) is 0 Å². The highest BCUT2D eigenvalue weighted by Crippen LogP contribution is 2.35. The number of rotatable bonds is 3. The predicted octanol–water partition coefficient (Wildman–Crippen LogP) is 1.55. The summed E-state index contributed by atoms with van der Waals surface area (Å²) in [7, 11) is 1.59. The summed E-state index contributed by atoms with van der Waals surface area (Å²) >= 11 is 0. The Labute approximate surface area is 95.2 Å². The highest BCUT2D eigenvalue weighted by molar-refractivity contribution is 5.29. The highest BCUT2D eigenvalue weighted by Gasteiger charge is 2.33. The number of hydrogen-bond acceptors (Lipinski definition) is 4. The van der Waals surface area contributed by atoms with Crippen molar-refractivity contribution in [2.75, 3.05) is 13.7 Å². The molecule has 3 atom stereocenters. The Morgan fingerprint density at radius 2 is 2.44 bits per heavy atom. The molecule has 1 N–H and O–H groups in total. The lowest BCUT2D eigenvalue weighted by atomic mass is 9.93. The van der Waals surface area contributed by atoms with Crippen LogP contribution >= 0.6 is 0 Å². The summed E-state index contributed by atoms with van der Waals surface area (Å²) < 4.78 is 10.7. The van der Waals surface area contributed by atoms with Gasteiger partial charge in [0.1, 0.15) is 17.5 Å². The molecular weight excluding hydrogens is 206 g/mol. The summed E-state index contributed by atoms with van der Waals surface area (Å²) in [5.74, 6) is 0.734. The lowest BCUT2D eigenvalue weighted by molar-refractivity contribution is 0.0398. The van der Waals surface area contributed by atoms with Crippen LogP contribution in [0.2, 0.25) is 0 Å². The first-order valence-electron chi connectivity index (χ1n) is 5.52. The summed E-state index contributed by atoms with van der Waals surface area (Å²) in [6.45, 7) is 2.69. The van der Waals surface area contributed by atoms with Crippen LogP contribution in [0.15, 0.2) is 18.3 Å². The van der Waals surface area contributed by atoms with Gasteiger partial charge in [0.15, 0.2) is 0 Å². The third kappa shape index (κ3) is 2.03. The van der Waals surface area contributed by atoms with Crippen molar-refractivity contribution in [3.05, 3.63) is 24.0 Å². The first-order valence-corrected chi connectivity index (χ1v) is 5.52. The minimum absolute atomic E-state index is 0.0710. The largest absolute Gasteiger partial charge is 0.495 e. The molecule has 2 rings (SSSR count). The van der Waals surface area contributed by atoms with Crippen LogP contribution in [0.4, 0.5) is 0 Å². The minimum Gasteiger partial charge on any atom is -0.495 e. The van der Waals surface area contributed by atoms with Crippen LogP contribution in [-0.2, 0) is 4.74 Å². The Morgan fingerprint density at radius 1 is 1.62 bits per heavy atom. The van der Waals surface area contributed by atoms with Crippen molar-refractivity contribution < 1.29 is 14.6 Å². The molecule has 1 aliphatic rings. The summed E-state index contributed by atoms with van der Waals surface area (Å²) in [6.07, 6.45) is 1.99. The Kier molecular flexibility index (Phi) is 3.41. The summed E-state index contributed by atoms with van der Waals surface area (Å²) in [5, 5.41) is 10.3. The van der Waals surface area contributed by atoms with Gasteiger partial charge in [-0.3, -0.25) is 4.98 Å². The summed E-state index contributed by atoms with van der Waals surface area (Å²) in [6, 6.07) is 3.61. The van der Waals surface area contributed by atoms with Crippen LogP contribution in [0, 0.1) is 5.92 Å². The molecule has 1 aliphatic heterocycles. The molecule has 88 valence electrons. The monoisotopic (exact) mass is 223 g/mol. The zero-order valence-electron chi connectivity index (χ0n) is 9.59. The van der Waals surface area contributed by atoms with Gasteiger partial charge in [-0.05, 0) is 25.5 Å². The van der Waals surface area contributed by atoms with Gasteiger partial charge in [0, 0.05) is 18.7 Å². The second-order valence-corrected chi connectivity index (χ2v) is 4.06. The van der Waals surface area contributed by atoms with Gasteiger partial charge in [-0.1, -0.05) is 0 Å². The Hall–Kier alpha value is -1.13. The Balaban J connectivity index is 2.22. The molecule has 16 heavy (non-hydrogen) atoms. The fourth-order valence-electron chi connectivity index (χ4n) is 2.16. The average Bonchev–Trinajstić information content (AvgIpc) is 2.74. The third-order valence-corrected chi connectivity index (χ3v) is 3.14. The van der Waals surface area contributed by atoms with Crippen LogP contribution in [0.3, 0.4) is 0 Å². The molecule has 0 bridgehead atoms. The van der Waals surface area contributed by atoms with E-state index in [0.717, 1.165) is 6.42 Å². The van der Waals surface area contributed by atoms with Crippen LogP contribution in [0.1, 0.15) is 25.1 Å². The molecule has 0 aromatic carbocycles. The molecule has 2 heterocycles. The molecule has 4 heteroatoms. The van der Waals surface area contributed by atoms with E-state index in [4.69, 9.17) is 9.47 Å².